The van der Waals surface area contributed by atoms with Gasteiger partial charge in [0.15, 0.2) is 0 Å². The third kappa shape index (κ3) is 2.33. The van der Waals surface area contributed by atoms with Crippen molar-refractivity contribution in [1.82, 2.24) is 24.1 Å². The van der Waals surface area contributed by atoms with Crippen LogP contribution in [0.15, 0.2) is 17.4 Å². The molecule has 21 heavy (non-hydrogen) atoms. The summed E-state index contributed by atoms with van der Waals surface area (Å²) in [5, 5.41) is 4.20. The van der Waals surface area contributed by atoms with Crippen LogP contribution in [0.4, 0.5) is 0 Å². The van der Waals surface area contributed by atoms with Crippen LogP contribution < -0.4 is 0 Å². The Morgan fingerprint density at radius 3 is 2.81 bits per heavy atom. The zero-order valence-corrected chi connectivity index (χ0v) is 13.2. The largest absolute Gasteiger partial charge is 0.255 e. The third-order valence-electron chi connectivity index (χ3n) is 3.54. The number of sulfonamides is 1. The highest BCUT2D eigenvalue weighted by atomic mass is 35.5. The summed E-state index contributed by atoms with van der Waals surface area (Å²) in [6.07, 6.45) is 3.75. The van der Waals surface area contributed by atoms with E-state index in [0.717, 1.165) is 11.3 Å². The van der Waals surface area contributed by atoms with Crippen LogP contribution in [-0.2, 0) is 30.0 Å². The summed E-state index contributed by atoms with van der Waals surface area (Å²) < 4.78 is 28.3. The van der Waals surface area contributed by atoms with Crippen LogP contribution in [0, 0.1) is 6.92 Å². The second kappa shape index (κ2) is 5.04. The van der Waals surface area contributed by atoms with E-state index in [0.29, 0.717) is 18.7 Å². The maximum absolute atomic E-state index is 12.8. The van der Waals surface area contributed by atoms with Crippen LogP contribution >= 0.6 is 11.6 Å². The van der Waals surface area contributed by atoms with Gasteiger partial charge < -0.3 is 0 Å². The first-order valence-electron chi connectivity index (χ1n) is 6.38. The second-order valence-corrected chi connectivity index (χ2v) is 7.15. The van der Waals surface area contributed by atoms with Crippen LogP contribution in [0.5, 0.6) is 0 Å². The van der Waals surface area contributed by atoms with E-state index in [1.807, 2.05) is 0 Å². The van der Waals surface area contributed by atoms with Crippen molar-refractivity contribution < 1.29 is 8.42 Å². The van der Waals surface area contributed by atoms with Gasteiger partial charge in [0.2, 0.25) is 10.0 Å². The first-order valence-corrected chi connectivity index (χ1v) is 8.20. The molecule has 0 fully saturated rings. The fourth-order valence-corrected chi connectivity index (χ4v) is 4.57. The lowest BCUT2D eigenvalue weighted by atomic mass is 10.1. The lowest BCUT2D eigenvalue weighted by Gasteiger charge is -2.26. The van der Waals surface area contributed by atoms with Crippen molar-refractivity contribution in [2.45, 2.75) is 24.8 Å². The van der Waals surface area contributed by atoms with Crippen LogP contribution in [0.2, 0.25) is 5.15 Å². The van der Waals surface area contributed by atoms with Crippen molar-refractivity contribution in [3.05, 3.63) is 34.6 Å². The molecule has 112 valence electrons. The molecule has 0 unspecified atom stereocenters. The minimum Gasteiger partial charge on any atom is -0.255 e. The Balaban J connectivity index is 2.01. The smallest absolute Gasteiger partial charge is 0.248 e. The molecule has 0 bridgehead atoms. The molecule has 0 aromatic carbocycles. The number of aromatic nitrogens is 4. The maximum Gasteiger partial charge on any atom is 0.248 e. The lowest BCUT2D eigenvalue weighted by molar-refractivity contribution is 0.384. The number of hydrogen-bond donors (Lipinski definition) is 0. The number of aryl methyl sites for hydroxylation is 2. The minimum absolute atomic E-state index is 0.0733. The van der Waals surface area contributed by atoms with Crippen LogP contribution in [-0.4, -0.2) is 39.0 Å². The van der Waals surface area contributed by atoms with E-state index in [-0.39, 0.29) is 16.6 Å². The predicted molar refractivity (Wildman–Crippen MR) is 76.3 cm³/mol. The van der Waals surface area contributed by atoms with Gasteiger partial charge >= 0.3 is 0 Å². The molecule has 0 amide bonds. The molecular weight excluding hydrogens is 314 g/mol. The Labute approximate surface area is 127 Å². The molecule has 7 nitrogen and oxygen atoms in total. The highest BCUT2D eigenvalue weighted by Gasteiger charge is 2.34. The van der Waals surface area contributed by atoms with Gasteiger partial charge in [-0.15, -0.1) is 0 Å². The van der Waals surface area contributed by atoms with Crippen molar-refractivity contribution in [2.24, 2.45) is 7.05 Å². The molecule has 0 atom stereocenters. The van der Waals surface area contributed by atoms with E-state index in [1.165, 1.54) is 15.3 Å². The molecule has 3 heterocycles. The van der Waals surface area contributed by atoms with E-state index >= 15 is 0 Å². The zero-order valence-electron chi connectivity index (χ0n) is 11.6. The summed E-state index contributed by atoms with van der Waals surface area (Å²) in [5.74, 6) is 0. The van der Waals surface area contributed by atoms with Gasteiger partial charge in [-0.2, -0.15) is 9.40 Å². The number of rotatable bonds is 2. The fourth-order valence-electron chi connectivity index (χ4n) is 2.46. The number of halogens is 1. The molecule has 2 aromatic heterocycles. The van der Waals surface area contributed by atoms with Crippen molar-refractivity contribution in [1.29, 1.82) is 0 Å². The first kappa shape index (κ1) is 14.4. The average molecular weight is 328 g/mol. The van der Waals surface area contributed by atoms with Gasteiger partial charge in [-0.3, -0.25) is 4.68 Å². The van der Waals surface area contributed by atoms with E-state index in [9.17, 15) is 8.42 Å². The highest BCUT2D eigenvalue weighted by Crippen LogP contribution is 2.30. The average Bonchev–Trinajstić information content (AvgIpc) is 2.72. The van der Waals surface area contributed by atoms with Gasteiger partial charge in [0.25, 0.3) is 0 Å². The monoisotopic (exact) mass is 327 g/mol. The third-order valence-corrected chi connectivity index (χ3v) is 6.08. The Morgan fingerprint density at radius 2 is 2.14 bits per heavy atom. The molecule has 0 aliphatic carbocycles. The number of fused-ring (bicyclic) bond motifs is 1. The molecule has 2 aromatic rings. The topological polar surface area (TPSA) is 81.0 Å². The summed E-state index contributed by atoms with van der Waals surface area (Å²) in [7, 11) is -2.07. The van der Waals surface area contributed by atoms with Gasteiger partial charge in [-0.1, -0.05) is 11.6 Å². The molecule has 0 radical (unpaired) electrons. The van der Waals surface area contributed by atoms with Crippen LogP contribution in [0.1, 0.15) is 17.0 Å². The zero-order chi connectivity index (χ0) is 15.2. The maximum atomic E-state index is 12.8. The van der Waals surface area contributed by atoms with Crippen molar-refractivity contribution >= 4 is 21.6 Å². The van der Waals surface area contributed by atoms with Gasteiger partial charge in [-0.25, -0.2) is 18.4 Å². The Hall–Kier alpha value is -1.51. The van der Waals surface area contributed by atoms with Crippen molar-refractivity contribution in [3.8, 4) is 0 Å². The summed E-state index contributed by atoms with van der Waals surface area (Å²) in [5.41, 5.74) is 2.12. The molecular formula is C12H14ClN5O2S. The van der Waals surface area contributed by atoms with Gasteiger partial charge in [0.05, 0.1) is 17.9 Å². The normalized spacial score (nSPS) is 16.0. The summed E-state index contributed by atoms with van der Waals surface area (Å²) in [6.45, 7) is 2.25. The quantitative estimate of drug-likeness (QED) is 0.819. The molecule has 0 N–H and O–H groups in total. The number of hydrogen-bond acceptors (Lipinski definition) is 5. The van der Waals surface area contributed by atoms with E-state index in [1.54, 1.807) is 20.2 Å². The van der Waals surface area contributed by atoms with Gasteiger partial charge in [0, 0.05) is 19.8 Å². The van der Waals surface area contributed by atoms with Crippen molar-refractivity contribution in [3.63, 3.8) is 0 Å². The Kier molecular flexibility index (Phi) is 3.46. The van der Waals surface area contributed by atoms with Gasteiger partial charge in [0.1, 0.15) is 16.4 Å². The van der Waals surface area contributed by atoms with Crippen LogP contribution in [0.3, 0.4) is 0 Å². The van der Waals surface area contributed by atoms with E-state index in [2.05, 4.69) is 15.1 Å². The fraction of sp³-hybridized carbons (Fsp3) is 0.417. The molecule has 0 spiro atoms. The van der Waals surface area contributed by atoms with E-state index in [4.69, 9.17) is 11.6 Å². The lowest BCUT2D eigenvalue weighted by Crippen LogP contribution is -2.36. The predicted octanol–water partition coefficient (Wildman–Crippen LogP) is 0.919. The molecule has 1 aliphatic rings. The highest BCUT2D eigenvalue weighted by molar-refractivity contribution is 7.89. The summed E-state index contributed by atoms with van der Waals surface area (Å²) in [6, 6.07) is 0. The molecule has 0 saturated carbocycles. The van der Waals surface area contributed by atoms with Crippen molar-refractivity contribution in [2.75, 3.05) is 6.54 Å². The molecule has 3 rings (SSSR count). The number of nitrogens with zero attached hydrogens (tertiary/aromatic N) is 5. The summed E-state index contributed by atoms with van der Waals surface area (Å²) >= 11 is 6.09. The molecule has 1 aliphatic heterocycles. The van der Waals surface area contributed by atoms with E-state index < -0.39 is 10.0 Å². The summed E-state index contributed by atoms with van der Waals surface area (Å²) in [4.78, 5) is 8.19. The Bertz CT molecular complexity index is 802. The molecule has 0 saturated heterocycles. The standard InChI is InChI=1S/C12H14ClN5O2S/c1-8-11(12(13)17(2)16-8)21(19,20)18-4-3-9-5-14-7-15-10(9)6-18/h5,7H,3-4,6H2,1-2H3. The minimum atomic E-state index is -3.69. The Morgan fingerprint density at radius 1 is 1.38 bits per heavy atom. The molecule has 9 heteroatoms. The van der Waals surface area contributed by atoms with Crippen LogP contribution in [0.25, 0.3) is 0 Å². The van der Waals surface area contributed by atoms with Gasteiger partial charge in [-0.05, 0) is 18.9 Å². The second-order valence-electron chi connectivity index (χ2n) is 4.91. The SMILES string of the molecule is Cc1nn(C)c(Cl)c1S(=O)(=O)N1CCc2cncnc2C1. The first-order chi connectivity index (χ1) is 9.91.